The molecule has 0 bridgehead atoms. The minimum absolute atomic E-state index is 0.202. The predicted octanol–water partition coefficient (Wildman–Crippen LogP) is 3.89. The highest BCUT2D eigenvalue weighted by Crippen LogP contribution is 2.34. The van der Waals surface area contributed by atoms with Crippen LogP contribution in [0.15, 0.2) is 17.0 Å². The van der Waals surface area contributed by atoms with Crippen molar-refractivity contribution < 1.29 is 23.9 Å². The van der Waals surface area contributed by atoms with Crippen LogP contribution in [0.1, 0.15) is 19.4 Å². The fourth-order valence-corrected chi connectivity index (χ4v) is 5.03. The molecular weight excluding hydrogens is 572 g/mol. The van der Waals surface area contributed by atoms with E-state index in [9.17, 15) is 14.4 Å². The molecule has 1 saturated heterocycles. The zero-order chi connectivity index (χ0) is 18.6. The topological polar surface area (TPSA) is 72.9 Å². The van der Waals surface area contributed by atoms with Crippen molar-refractivity contribution in [1.29, 1.82) is 0 Å². The van der Waals surface area contributed by atoms with Crippen LogP contribution in [0, 0.1) is 7.14 Å². The molecule has 0 radical (unpaired) electrons. The molecule has 1 heterocycles. The summed E-state index contributed by atoms with van der Waals surface area (Å²) in [5.74, 6) is -0.283. The number of carbonyl (C=O) groups is 3. The number of benzene rings is 1. The highest BCUT2D eigenvalue weighted by Gasteiger charge is 2.36. The smallest absolute Gasteiger partial charge is 0.326 e. The van der Waals surface area contributed by atoms with Gasteiger partial charge in [-0.3, -0.25) is 19.3 Å². The number of carbonyl (C=O) groups excluding carboxylic acids is 3. The van der Waals surface area contributed by atoms with Gasteiger partial charge in [0.2, 0.25) is 0 Å². The molecule has 1 aliphatic heterocycles. The summed E-state index contributed by atoms with van der Waals surface area (Å²) in [5.41, 5.74) is 0.791. The van der Waals surface area contributed by atoms with Crippen molar-refractivity contribution in [1.82, 2.24) is 4.90 Å². The van der Waals surface area contributed by atoms with Gasteiger partial charge in [0.1, 0.15) is 12.3 Å². The molecule has 1 fully saturated rings. The second-order valence-electron chi connectivity index (χ2n) is 4.82. The summed E-state index contributed by atoms with van der Waals surface area (Å²) >= 11 is 5.16. The summed E-state index contributed by atoms with van der Waals surface area (Å²) in [6, 6.07) is 3.76. The average molecular weight is 587 g/mol. The van der Waals surface area contributed by atoms with Gasteiger partial charge < -0.3 is 9.47 Å². The van der Waals surface area contributed by atoms with Crippen molar-refractivity contribution in [3.8, 4) is 5.75 Å². The molecule has 1 aliphatic rings. The van der Waals surface area contributed by atoms with Crippen LogP contribution >= 0.6 is 56.9 Å². The molecule has 1 aromatic rings. The lowest BCUT2D eigenvalue weighted by molar-refractivity contribution is -0.145. The van der Waals surface area contributed by atoms with Gasteiger partial charge in [0, 0.05) is 0 Å². The Morgan fingerprint density at radius 1 is 1.20 bits per heavy atom. The van der Waals surface area contributed by atoms with Crippen LogP contribution in [0.2, 0.25) is 0 Å². The zero-order valence-electron chi connectivity index (χ0n) is 13.5. The lowest BCUT2D eigenvalue weighted by Crippen LogP contribution is -2.34. The minimum Gasteiger partial charge on any atom is -0.492 e. The molecule has 0 spiro atoms. The fourth-order valence-electron chi connectivity index (χ4n) is 2.07. The number of esters is 1. The molecule has 25 heavy (non-hydrogen) atoms. The van der Waals surface area contributed by atoms with Crippen LogP contribution in [-0.2, 0) is 14.3 Å². The van der Waals surface area contributed by atoms with E-state index in [1.165, 1.54) is 0 Å². The van der Waals surface area contributed by atoms with Crippen molar-refractivity contribution >= 4 is 80.1 Å². The van der Waals surface area contributed by atoms with Gasteiger partial charge in [0.05, 0.1) is 25.3 Å². The Morgan fingerprint density at radius 3 is 2.40 bits per heavy atom. The fraction of sp³-hybridized carbons (Fsp3) is 0.312. The molecule has 0 aromatic heterocycles. The molecule has 1 aromatic carbocycles. The maximum Gasteiger partial charge on any atom is 0.326 e. The Balaban J connectivity index is 2.23. The molecule has 0 atom stereocenters. The molecule has 0 saturated carbocycles. The summed E-state index contributed by atoms with van der Waals surface area (Å²) in [7, 11) is 0. The van der Waals surface area contributed by atoms with E-state index in [0.29, 0.717) is 6.61 Å². The molecular formula is C16H15I2NO5S. The second kappa shape index (κ2) is 9.21. The number of imide groups is 1. The molecule has 6 nitrogen and oxygen atoms in total. The lowest BCUT2D eigenvalue weighted by atomic mass is 10.2. The summed E-state index contributed by atoms with van der Waals surface area (Å²) < 4.78 is 12.2. The first-order valence-electron chi connectivity index (χ1n) is 7.40. The van der Waals surface area contributed by atoms with Gasteiger partial charge in [-0.2, -0.15) is 0 Å². The van der Waals surface area contributed by atoms with E-state index >= 15 is 0 Å². The van der Waals surface area contributed by atoms with Crippen molar-refractivity contribution in [3.63, 3.8) is 0 Å². The van der Waals surface area contributed by atoms with E-state index < -0.39 is 17.1 Å². The monoisotopic (exact) mass is 587 g/mol. The first-order chi connectivity index (χ1) is 11.9. The number of rotatable bonds is 6. The molecule has 0 N–H and O–H groups in total. The Labute approximate surface area is 177 Å². The van der Waals surface area contributed by atoms with Crippen LogP contribution in [-0.4, -0.2) is 41.8 Å². The highest BCUT2D eigenvalue weighted by molar-refractivity contribution is 14.1. The molecule has 0 unspecified atom stereocenters. The van der Waals surface area contributed by atoms with E-state index in [2.05, 4.69) is 45.2 Å². The van der Waals surface area contributed by atoms with Crippen LogP contribution in [0.3, 0.4) is 0 Å². The van der Waals surface area contributed by atoms with Crippen LogP contribution in [0.25, 0.3) is 6.08 Å². The standard InChI is InChI=1S/C16H15I2NO5S/c1-3-23-13(20)8-19-15(21)12(25-16(19)22)7-9-5-10(17)14(24-4-2)11(18)6-9/h5-7H,3-4,8H2,1-2H3/b12-7-. The van der Waals surface area contributed by atoms with E-state index in [1.54, 1.807) is 13.0 Å². The maximum atomic E-state index is 12.4. The summed E-state index contributed by atoms with van der Waals surface area (Å²) in [4.78, 5) is 37.1. The molecule has 2 rings (SSSR count). The highest BCUT2D eigenvalue weighted by atomic mass is 127. The van der Waals surface area contributed by atoms with Gasteiger partial charge in [-0.05, 0) is 94.6 Å². The van der Waals surface area contributed by atoms with Crippen LogP contribution < -0.4 is 4.74 Å². The first kappa shape index (κ1) is 20.5. The largest absolute Gasteiger partial charge is 0.492 e. The predicted molar refractivity (Wildman–Crippen MR) is 112 cm³/mol. The van der Waals surface area contributed by atoms with Gasteiger partial charge >= 0.3 is 5.97 Å². The third-order valence-corrected chi connectivity index (χ3v) is 5.58. The minimum atomic E-state index is -0.601. The Hall–Kier alpha value is -0.820. The van der Waals surface area contributed by atoms with Crippen LogP contribution in [0.5, 0.6) is 5.75 Å². The number of amides is 2. The number of hydrogen-bond acceptors (Lipinski definition) is 6. The number of thioether (sulfide) groups is 1. The Bertz CT molecular complexity index is 727. The van der Waals surface area contributed by atoms with Gasteiger partial charge in [0.15, 0.2) is 0 Å². The number of nitrogens with zero attached hydrogens (tertiary/aromatic N) is 1. The first-order valence-corrected chi connectivity index (χ1v) is 10.4. The van der Waals surface area contributed by atoms with Gasteiger partial charge in [-0.1, -0.05) is 0 Å². The SMILES string of the molecule is CCOC(=O)CN1C(=O)S/C(=C\c2cc(I)c(OCC)c(I)c2)C1=O. The summed E-state index contributed by atoms with van der Waals surface area (Å²) in [5, 5.41) is -0.473. The maximum absolute atomic E-state index is 12.4. The second-order valence-corrected chi connectivity index (χ2v) is 8.14. The number of ether oxygens (including phenoxy) is 2. The molecule has 9 heteroatoms. The van der Waals surface area contributed by atoms with E-state index in [0.717, 1.165) is 35.1 Å². The number of halogens is 2. The Morgan fingerprint density at radius 2 is 1.84 bits per heavy atom. The third kappa shape index (κ3) is 5.09. The van der Waals surface area contributed by atoms with Crippen molar-refractivity contribution in [2.75, 3.05) is 19.8 Å². The van der Waals surface area contributed by atoms with Gasteiger partial charge in [-0.25, -0.2) is 0 Å². The van der Waals surface area contributed by atoms with Crippen molar-refractivity contribution in [2.24, 2.45) is 0 Å². The normalized spacial score (nSPS) is 15.8. The van der Waals surface area contributed by atoms with E-state index in [4.69, 9.17) is 9.47 Å². The summed E-state index contributed by atoms with van der Waals surface area (Å²) in [6.45, 7) is 3.99. The Kier molecular flexibility index (Phi) is 7.55. The molecule has 0 aliphatic carbocycles. The quantitative estimate of drug-likeness (QED) is 0.286. The van der Waals surface area contributed by atoms with Crippen LogP contribution in [0.4, 0.5) is 4.79 Å². The van der Waals surface area contributed by atoms with Gasteiger partial charge in [0.25, 0.3) is 11.1 Å². The third-order valence-electron chi connectivity index (χ3n) is 3.07. The van der Waals surface area contributed by atoms with Gasteiger partial charge in [-0.15, -0.1) is 0 Å². The van der Waals surface area contributed by atoms with E-state index in [1.807, 2.05) is 19.1 Å². The van der Waals surface area contributed by atoms with Crippen molar-refractivity contribution in [2.45, 2.75) is 13.8 Å². The van der Waals surface area contributed by atoms with E-state index in [-0.39, 0.29) is 18.1 Å². The zero-order valence-corrected chi connectivity index (χ0v) is 18.6. The number of hydrogen-bond donors (Lipinski definition) is 0. The molecule has 134 valence electrons. The summed E-state index contributed by atoms with van der Waals surface area (Å²) in [6.07, 6.45) is 1.65. The lowest BCUT2D eigenvalue weighted by Gasteiger charge is -2.11. The molecule has 2 amide bonds. The average Bonchev–Trinajstić information content (AvgIpc) is 2.79. The van der Waals surface area contributed by atoms with Crippen molar-refractivity contribution in [3.05, 3.63) is 29.7 Å².